The minimum absolute atomic E-state index is 0.0740. The zero-order valence-corrected chi connectivity index (χ0v) is 15.0. The van der Waals surface area contributed by atoms with Gasteiger partial charge in [-0.15, -0.1) is 0 Å². The molecule has 0 unspecified atom stereocenters. The van der Waals surface area contributed by atoms with Crippen LogP contribution in [-0.2, 0) is 6.54 Å². The SMILES string of the molecule is CCn1cc(-c2ccc(OC)c(C)c2)nc(N2CC[C@@H](CO)C2)c1=O. The highest BCUT2D eigenvalue weighted by molar-refractivity contribution is 5.63. The van der Waals surface area contributed by atoms with Crippen LogP contribution in [0.15, 0.2) is 29.2 Å². The van der Waals surface area contributed by atoms with E-state index in [0.29, 0.717) is 18.9 Å². The molecule has 6 heteroatoms. The van der Waals surface area contributed by atoms with Gasteiger partial charge in [-0.3, -0.25) is 4.79 Å². The fourth-order valence-electron chi connectivity index (χ4n) is 3.32. The van der Waals surface area contributed by atoms with Gasteiger partial charge in [-0.25, -0.2) is 4.98 Å². The number of aliphatic hydroxyl groups excluding tert-OH is 1. The fourth-order valence-corrected chi connectivity index (χ4v) is 3.32. The molecule has 0 bridgehead atoms. The highest BCUT2D eigenvalue weighted by Gasteiger charge is 2.25. The van der Waals surface area contributed by atoms with E-state index < -0.39 is 0 Å². The summed E-state index contributed by atoms with van der Waals surface area (Å²) in [5, 5.41) is 9.37. The third-order valence-corrected chi connectivity index (χ3v) is 4.83. The van der Waals surface area contributed by atoms with Crippen molar-refractivity contribution in [2.75, 3.05) is 31.7 Å². The van der Waals surface area contributed by atoms with Crippen LogP contribution in [-0.4, -0.2) is 41.5 Å². The Bertz CT molecular complexity index is 816. The smallest absolute Gasteiger partial charge is 0.293 e. The van der Waals surface area contributed by atoms with Crippen LogP contribution in [0.2, 0.25) is 0 Å². The molecule has 0 radical (unpaired) electrons. The van der Waals surface area contributed by atoms with Gasteiger partial charge in [0.2, 0.25) is 0 Å². The standard InChI is InChI=1S/C19H25N3O3/c1-4-21-11-16(15-5-6-17(25-3)13(2)9-15)20-18(19(21)24)22-8-7-14(10-22)12-23/h5-6,9,11,14,23H,4,7-8,10,12H2,1-3H3/t14-/m1/s1. The van der Waals surface area contributed by atoms with E-state index >= 15 is 0 Å². The van der Waals surface area contributed by atoms with Crippen LogP contribution in [0, 0.1) is 12.8 Å². The first kappa shape index (κ1) is 17.5. The lowest BCUT2D eigenvalue weighted by Crippen LogP contribution is -2.32. The van der Waals surface area contributed by atoms with Gasteiger partial charge in [0, 0.05) is 43.9 Å². The molecule has 1 N–H and O–H groups in total. The minimum Gasteiger partial charge on any atom is -0.496 e. The van der Waals surface area contributed by atoms with Crippen LogP contribution in [0.25, 0.3) is 11.3 Å². The molecule has 2 heterocycles. The molecule has 1 aliphatic heterocycles. The van der Waals surface area contributed by atoms with Crippen LogP contribution in [0.5, 0.6) is 5.75 Å². The van der Waals surface area contributed by atoms with Gasteiger partial charge >= 0.3 is 0 Å². The van der Waals surface area contributed by atoms with Gasteiger partial charge in [0.15, 0.2) is 5.82 Å². The lowest BCUT2D eigenvalue weighted by molar-refractivity contribution is 0.238. The average molecular weight is 343 g/mol. The second-order valence-electron chi connectivity index (χ2n) is 6.51. The molecule has 25 heavy (non-hydrogen) atoms. The Morgan fingerprint density at radius 3 is 2.80 bits per heavy atom. The summed E-state index contributed by atoms with van der Waals surface area (Å²) >= 11 is 0. The van der Waals surface area contributed by atoms with Gasteiger partial charge in [-0.2, -0.15) is 0 Å². The van der Waals surface area contributed by atoms with Crippen LogP contribution in [0.3, 0.4) is 0 Å². The molecule has 3 rings (SSSR count). The Morgan fingerprint density at radius 1 is 1.40 bits per heavy atom. The molecular formula is C19H25N3O3. The van der Waals surface area contributed by atoms with Crippen molar-refractivity contribution in [3.05, 3.63) is 40.3 Å². The summed E-state index contributed by atoms with van der Waals surface area (Å²) in [6, 6.07) is 5.91. The summed E-state index contributed by atoms with van der Waals surface area (Å²) in [7, 11) is 1.65. The lowest BCUT2D eigenvalue weighted by atomic mass is 10.1. The monoisotopic (exact) mass is 343 g/mol. The van der Waals surface area contributed by atoms with Crippen LogP contribution < -0.4 is 15.2 Å². The number of ether oxygens (including phenoxy) is 1. The van der Waals surface area contributed by atoms with Crippen molar-refractivity contribution in [1.82, 2.24) is 9.55 Å². The van der Waals surface area contributed by atoms with E-state index in [0.717, 1.165) is 35.5 Å². The zero-order valence-electron chi connectivity index (χ0n) is 15.0. The van der Waals surface area contributed by atoms with Crippen molar-refractivity contribution in [2.45, 2.75) is 26.8 Å². The van der Waals surface area contributed by atoms with E-state index in [9.17, 15) is 9.90 Å². The van der Waals surface area contributed by atoms with Crippen LogP contribution in [0.4, 0.5) is 5.82 Å². The van der Waals surface area contributed by atoms with Gasteiger partial charge in [0.25, 0.3) is 5.56 Å². The number of benzene rings is 1. The second-order valence-corrected chi connectivity index (χ2v) is 6.51. The normalized spacial score (nSPS) is 17.1. The molecule has 0 amide bonds. The van der Waals surface area contributed by atoms with Crippen molar-refractivity contribution in [1.29, 1.82) is 0 Å². The maximum Gasteiger partial charge on any atom is 0.293 e. The van der Waals surface area contributed by atoms with Gasteiger partial charge in [-0.1, -0.05) is 0 Å². The van der Waals surface area contributed by atoms with E-state index in [1.165, 1.54) is 0 Å². The number of rotatable bonds is 5. The quantitative estimate of drug-likeness (QED) is 0.900. The Hall–Kier alpha value is -2.34. The van der Waals surface area contributed by atoms with Crippen molar-refractivity contribution in [2.24, 2.45) is 5.92 Å². The molecule has 1 aliphatic rings. The van der Waals surface area contributed by atoms with Crippen LogP contribution in [0.1, 0.15) is 18.9 Å². The lowest BCUT2D eigenvalue weighted by Gasteiger charge is -2.19. The Balaban J connectivity index is 2.05. The number of aromatic nitrogens is 2. The molecule has 1 fully saturated rings. The van der Waals surface area contributed by atoms with Gasteiger partial charge in [-0.05, 0) is 44.0 Å². The summed E-state index contributed by atoms with van der Waals surface area (Å²) in [6.45, 7) is 6.11. The summed E-state index contributed by atoms with van der Waals surface area (Å²) in [4.78, 5) is 19.4. The summed E-state index contributed by atoms with van der Waals surface area (Å²) in [5.41, 5.74) is 2.68. The molecular weight excluding hydrogens is 318 g/mol. The Morgan fingerprint density at radius 2 is 2.20 bits per heavy atom. The first-order valence-electron chi connectivity index (χ1n) is 8.69. The number of hydrogen-bond donors (Lipinski definition) is 1. The molecule has 6 nitrogen and oxygen atoms in total. The zero-order chi connectivity index (χ0) is 18.0. The molecule has 1 atom stereocenters. The highest BCUT2D eigenvalue weighted by atomic mass is 16.5. The molecule has 1 aromatic heterocycles. The van der Waals surface area contributed by atoms with Gasteiger partial charge < -0.3 is 19.3 Å². The molecule has 1 aromatic carbocycles. The van der Waals surface area contributed by atoms with Crippen LogP contribution >= 0.6 is 0 Å². The molecule has 0 aliphatic carbocycles. The molecule has 0 spiro atoms. The highest BCUT2D eigenvalue weighted by Crippen LogP contribution is 2.26. The minimum atomic E-state index is -0.0740. The van der Waals surface area contributed by atoms with E-state index in [2.05, 4.69) is 4.98 Å². The second kappa shape index (κ2) is 7.27. The fraction of sp³-hybridized carbons (Fsp3) is 0.474. The largest absolute Gasteiger partial charge is 0.496 e. The van der Waals surface area contributed by atoms with Crippen molar-refractivity contribution >= 4 is 5.82 Å². The predicted octanol–water partition coefficient (Wildman–Crippen LogP) is 2.07. The van der Waals surface area contributed by atoms with Crippen molar-refractivity contribution < 1.29 is 9.84 Å². The van der Waals surface area contributed by atoms with E-state index in [1.807, 2.05) is 43.1 Å². The number of hydrogen-bond acceptors (Lipinski definition) is 5. The third-order valence-electron chi connectivity index (χ3n) is 4.83. The first-order chi connectivity index (χ1) is 12.1. The maximum absolute atomic E-state index is 12.7. The van der Waals surface area contributed by atoms with Crippen molar-refractivity contribution in [3.63, 3.8) is 0 Å². The number of methoxy groups -OCH3 is 1. The topological polar surface area (TPSA) is 67.6 Å². The summed E-state index contributed by atoms with van der Waals surface area (Å²) in [5.74, 6) is 1.52. The molecule has 2 aromatic rings. The number of anilines is 1. The van der Waals surface area contributed by atoms with E-state index in [4.69, 9.17) is 4.74 Å². The summed E-state index contributed by atoms with van der Waals surface area (Å²) in [6.07, 6.45) is 2.70. The number of nitrogens with zero attached hydrogens (tertiary/aromatic N) is 3. The van der Waals surface area contributed by atoms with E-state index in [-0.39, 0.29) is 18.1 Å². The predicted molar refractivity (Wildman–Crippen MR) is 98.3 cm³/mol. The Labute approximate surface area is 147 Å². The maximum atomic E-state index is 12.7. The Kier molecular flexibility index (Phi) is 5.08. The molecule has 1 saturated heterocycles. The van der Waals surface area contributed by atoms with Gasteiger partial charge in [0.05, 0.1) is 12.8 Å². The summed E-state index contributed by atoms with van der Waals surface area (Å²) < 4.78 is 7.02. The third kappa shape index (κ3) is 3.39. The van der Waals surface area contributed by atoms with Crippen molar-refractivity contribution in [3.8, 4) is 17.0 Å². The van der Waals surface area contributed by atoms with Gasteiger partial charge in [0.1, 0.15) is 5.75 Å². The molecule has 0 saturated carbocycles. The molecule has 134 valence electrons. The number of aryl methyl sites for hydroxylation is 2. The number of aliphatic hydroxyl groups is 1. The van der Waals surface area contributed by atoms with E-state index in [1.54, 1.807) is 11.7 Å². The average Bonchev–Trinajstić information content (AvgIpc) is 3.10. The first-order valence-corrected chi connectivity index (χ1v) is 8.69.